The molecule has 4 rings (SSSR count). The maximum absolute atomic E-state index is 10.3. The number of rotatable bonds is 23. The van der Waals surface area contributed by atoms with Crippen molar-refractivity contribution < 1.29 is 28.8 Å². The minimum atomic E-state index is -0.992. The molecular weight excluding hydrogens is 580 g/mol. The molecule has 0 radical (unpaired) electrons. The number of anilines is 1. The van der Waals surface area contributed by atoms with Crippen LogP contribution >= 0.6 is 0 Å². The first kappa shape index (κ1) is 33.5. The van der Waals surface area contributed by atoms with Gasteiger partial charge in [0.2, 0.25) is 5.95 Å². The van der Waals surface area contributed by atoms with Crippen LogP contribution in [0.4, 0.5) is 5.95 Å². The van der Waals surface area contributed by atoms with Crippen LogP contribution in [0.1, 0.15) is 32.1 Å². The number of H-pyrrole nitrogens is 1. The minimum absolute atomic E-state index is 0.246. The Morgan fingerprint density at radius 3 is 2.51 bits per heavy atom. The van der Waals surface area contributed by atoms with Gasteiger partial charge in [-0.05, 0) is 31.0 Å². The molecule has 4 heterocycles. The van der Waals surface area contributed by atoms with E-state index in [4.69, 9.17) is 34.4 Å². The van der Waals surface area contributed by atoms with E-state index in [0.717, 1.165) is 65.8 Å². The molecule has 0 saturated carbocycles. The molecular formula is C31H40N8O6. The molecule has 0 unspecified atom stereocenters. The van der Waals surface area contributed by atoms with Crippen LogP contribution in [0.3, 0.4) is 0 Å². The van der Waals surface area contributed by atoms with Crippen molar-refractivity contribution >= 4 is 23.0 Å². The van der Waals surface area contributed by atoms with Gasteiger partial charge in [-0.1, -0.05) is 12.8 Å². The van der Waals surface area contributed by atoms with E-state index in [-0.39, 0.29) is 13.2 Å². The molecule has 0 aromatic carbocycles. The van der Waals surface area contributed by atoms with Gasteiger partial charge in [0.25, 0.3) is 0 Å². The Morgan fingerprint density at radius 1 is 0.978 bits per heavy atom. The van der Waals surface area contributed by atoms with Gasteiger partial charge in [0.15, 0.2) is 0 Å². The van der Waals surface area contributed by atoms with Crippen molar-refractivity contribution in [3.05, 3.63) is 43.0 Å². The van der Waals surface area contributed by atoms with Crippen LogP contribution in [-0.4, -0.2) is 100 Å². The molecule has 4 aromatic heterocycles. The highest BCUT2D eigenvalue weighted by atomic mass is 16.6. The second kappa shape index (κ2) is 19.1. The quantitative estimate of drug-likeness (QED) is 0.102. The predicted molar refractivity (Wildman–Crippen MR) is 166 cm³/mol. The van der Waals surface area contributed by atoms with Crippen LogP contribution in [0.15, 0.2) is 43.0 Å². The third-order valence-corrected chi connectivity index (χ3v) is 6.65. The first-order valence-corrected chi connectivity index (χ1v) is 15.1. The number of aromatic nitrogens is 6. The van der Waals surface area contributed by atoms with Crippen molar-refractivity contribution in [2.24, 2.45) is 0 Å². The smallest absolute Gasteiger partial charge is 0.329 e. The Bertz CT molecular complexity index is 1500. The van der Waals surface area contributed by atoms with Crippen molar-refractivity contribution in [1.82, 2.24) is 29.7 Å². The van der Waals surface area contributed by atoms with Gasteiger partial charge >= 0.3 is 5.97 Å². The van der Waals surface area contributed by atoms with Gasteiger partial charge in [-0.3, -0.25) is 4.68 Å². The number of hydrogen-bond donors (Lipinski definition) is 3. The molecule has 14 nitrogen and oxygen atoms in total. The molecule has 0 aliphatic heterocycles. The van der Waals surface area contributed by atoms with E-state index < -0.39 is 5.97 Å². The number of nitriles is 1. The molecule has 0 spiro atoms. The highest BCUT2D eigenvalue weighted by molar-refractivity contribution is 5.85. The fourth-order valence-electron chi connectivity index (χ4n) is 4.48. The topological polar surface area (TPSA) is 182 Å². The van der Waals surface area contributed by atoms with E-state index in [1.54, 1.807) is 6.20 Å². The third-order valence-electron chi connectivity index (χ3n) is 6.65. The Balaban J connectivity index is 1.18. The average Bonchev–Trinajstić information content (AvgIpc) is 3.70. The summed E-state index contributed by atoms with van der Waals surface area (Å²) in [6.07, 6.45) is 11.8. The summed E-state index contributed by atoms with van der Waals surface area (Å²) < 4.78 is 23.3. The number of hydrogen-bond acceptors (Lipinski definition) is 11. The number of pyridine rings is 1. The lowest BCUT2D eigenvalue weighted by Gasteiger charge is -2.07. The van der Waals surface area contributed by atoms with Crippen molar-refractivity contribution in [3.63, 3.8) is 0 Å². The SMILES string of the molecule is N#CCCNc1nccc(-c2cn(CCCCCCOCCOCCOCCOCC(=O)O)nc2-c2cnc3[nH]ccc3c2)n1. The number of fused-ring (bicyclic) bond motifs is 1. The highest BCUT2D eigenvalue weighted by Crippen LogP contribution is 2.31. The van der Waals surface area contributed by atoms with Crippen molar-refractivity contribution in [1.29, 1.82) is 5.26 Å². The largest absolute Gasteiger partial charge is 0.480 e. The zero-order chi connectivity index (χ0) is 31.5. The normalized spacial score (nSPS) is 11.2. The van der Waals surface area contributed by atoms with E-state index >= 15 is 0 Å². The van der Waals surface area contributed by atoms with Gasteiger partial charge < -0.3 is 34.4 Å². The first-order chi connectivity index (χ1) is 22.1. The molecule has 0 amide bonds. The monoisotopic (exact) mass is 620 g/mol. The molecule has 0 bridgehead atoms. The van der Waals surface area contributed by atoms with E-state index in [0.29, 0.717) is 58.6 Å². The Morgan fingerprint density at radius 2 is 1.73 bits per heavy atom. The molecule has 0 fully saturated rings. The van der Waals surface area contributed by atoms with Gasteiger partial charge in [-0.15, -0.1) is 0 Å². The van der Waals surface area contributed by atoms with Crippen molar-refractivity contribution in [2.45, 2.75) is 38.6 Å². The minimum Gasteiger partial charge on any atom is -0.480 e. The number of nitrogens with zero attached hydrogens (tertiary/aromatic N) is 6. The van der Waals surface area contributed by atoms with Crippen molar-refractivity contribution in [2.75, 3.05) is 64.7 Å². The summed E-state index contributed by atoms with van der Waals surface area (Å²) in [6, 6.07) is 8.05. The molecule has 0 aliphatic carbocycles. The fourth-order valence-corrected chi connectivity index (χ4v) is 4.48. The number of unbranched alkanes of at least 4 members (excludes halogenated alkanes) is 3. The van der Waals surface area contributed by atoms with E-state index in [9.17, 15) is 4.79 Å². The first-order valence-electron chi connectivity index (χ1n) is 15.1. The lowest BCUT2D eigenvalue weighted by Crippen LogP contribution is -2.14. The van der Waals surface area contributed by atoms with Gasteiger partial charge in [0.1, 0.15) is 17.9 Å². The van der Waals surface area contributed by atoms with E-state index in [1.807, 2.05) is 35.4 Å². The molecule has 0 atom stereocenters. The number of aryl methyl sites for hydroxylation is 1. The summed E-state index contributed by atoms with van der Waals surface area (Å²) in [5.41, 5.74) is 4.18. The Labute approximate surface area is 261 Å². The zero-order valence-corrected chi connectivity index (χ0v) is 25.3. The fraction of sp³-hybridized carbons (Fsp3) is 0.484. The van der Waals surface area contributed by atoms with Gasteiger partial charge in [-0.25, -0.2) is 19.7 Å². The molecule has 4 aromatic rings. The number of carbonyl (C=O) groups is 1. The number of ether oxygens (including phenoxy) is 4. The molecule has 45 heavy (non-hydrogen) atoms. The number of aliphatic carboxylic acids is 1. The molecule has 14 heteroatoms. The van der Waals surface area contributed by atoms with E-state index in [2.05, 4.69) is 37.4 Å². The second-order valence-corrected chi connectivity index (χ2v) is 10.1. The van der Waals surface area contributed by atoms with Crippen molar-refractivity contribution in [3.8, 4) is 28.6 Å². The third kappa shape index (κ3) is 11.5. The van der Waals surface area contributed by atoms with Crippen LogP contribution < -0.4 is 5.32 Å². The maximum Gasteiger partial charge on any atom is 0.329 e. The average molecular weight is 621 g/mol. The highest BCUT2D eigenvalue weighted by Gasteiger charge is 2.16. The lowest BCUT2D eigenvalue weighted by atomic mass is 10.1. The summed E-state index contributed by atoms with van der Waals surface area (Å²) in [6.45, 7) is 4.11. The van der Waals surface area contributed by atoms with Crippen LogP contribution in [0.25, 0.3) is 33.5 Å². The number of aromatic amines is 1. The van der Waals surface area contributed by atoms with Crippen LogP contribution in [0.2, 0.25) is 0 Å². The van der Waals surface area contributed by atoms with Gasteiger partial charge in [0.05, 0.1) is 57.8 Å². The van der Waals surface area contributed by atoms with Crippen LogP contribution in [-0.2, 0) is 30.3 Å². The van der Waals surface area contributed by atoms with E-state index in [1.165, 1.54) is 0 Å². The maximum atomic E-state index is 10.3. The van der Waals surface area contributed by atoms with Gasteiger partial charge in [0, 0.05) is 61.0 Å². The lowest BCUT2D eigenvalue weighted by molar-refractivity contribution is -0.142. The summed E-state index contributed by atoms with van der Waals surface area (Å²) in [4.78, 5) is 27.0. The summed E-state index contributed by atoms with van der Waals surface area (Å²) in [5, 5.41) is 26.4. The summed E-state index contributed by atoms with van der Waals surface area (Å²) in [5.74, 6) is -0.519. The number of nitrogens with one attached hydrogen (secondary N) is 2. The van der Waals surface area contributed by atoms with Crippen LogP contribution in [0, 0.1) is 11.3 Å². The number of carboxylic acid groups (broad SMARTS) is 1. The molecule has 240 valence electrons. The standard InChI is InChI=1S/C31H40N8O6/c32-8-5-9-34-31-35-11-7-27(37-31)26-22-39(38-29(26)25-20-24-6-10-33-30(24)36-21-25)12-3-1-2-4-13-42-14-15-43-16-17-44-18-19-45-23-28(40)41/h6-7,10-11,20-22H,1-5,9,12-19,23H2,(H,33,36)(H,40,41)(H,34,35,37). The van der Waals surface area contributed by atoms with Gasteiger partial charge in [-0.2, -0.15) is 10.4 Å². The predicted octanol–water partition coefficient (Wildman–Crippen LogP) is 3.92. The molecule has 0 saturated heterocycles. The molecule has 3 N–H and O–H groups in total. The number of carboxylic acids is 1. The van der Waals surface area contributed by atoms with Crippen LogP contribution in [0.5, 0.6) is 0 Å². The molecule has 0 aliphatic rings. The Hall–Kier alpha value is -4.42. The summed E-state index contributed by atoms with van der Waals surface area (Å²) >= 11 is 0. The summed E-state index contributed by atoms with van der Waals surface area (Å²) in [7, 11) is 0. The zero-order valence-electron chi connectivity index (χ0n) is 25.3. The Kier molecular flexibility index (Phi) is 14.2. The second-order valence-electron chi connectivity index (χ2n) is 10.1.